The number of anilines is 1. The van der Waals surface area contributed by atoms with E-state index in [9.17, 15) is 4.79 Å². The second-order valence-corrected chi connectivity index (χ2v) is 8.42. The van der Waals surface area contributed by atoms with E-state index in [1.807, 2.05) is 49.8 Å². The third-order valence-electron chi connectivity index (χ3n) is 5.22. The number of fused-ring (bicyclic) bond motifs is 1. The van der Waals surface area contributed by atoms with Crippen LogP contribution in [0.5, 0.6) is 0 Å². The molecule has 2 aromatic carbocycles. The van der Waals surface area contributed by atoms with Crippen LogP contribution in [0.15, 0.2) is 42.5 Å². The summed E-state index contributed by atoms with van der Waals surface area (Å²) in [5.41, 5.74) is 7.39. The van der Waals surface area contributed by atoms with Gasteiger partial charge in [-0.25, -0.2) is 4.98 Å². The first-order chi connectivity index (χ1) is 13.9. The molecule has 0 fully saturated rings. The number of carbonyl (C=O) groups is 1. The average molecular weight is 405 g/mol. The lowest BCUT2D eigenvalue weighted by atomic mass is 10.1. The van der Waals surface area contributed by atoms with E-state index in [1.165, 1.54) is 10.3 Å². The smallest absolute Gasteiger partial charge is 0.224 e. The fourth-order valence-corrected chi connectivity index (χ4v) is 4.56. The minimum Gasteiger partial charge on any atom is -0.326 e. The highest BCUT2D eigenvalue weighted by atomic mass is 32.1. The molecule has 0 radical (unpaired) electrons. The third-order valence-corrected chi connectivity index (χ3v) is 6.29. The van der Waals surface area contributed by atoms with E-state index in [1.54, 1.807) is 11.3 Å². The van der Waals surface area contributed by atoms with Crippen molar-refractivity contribution in [1.29, 1.82) is 0 Å². The molecule has 4 rings (SSSR count). The molecular weight excluding hydrogens is 380 g/mol. The quantitative estimate of drug-likeness (QED) is 0.498. The summed E-state index contributed by atoms with van der Waals surface area (Å²) in [6.45, 7) is 6.12. The predicted molar refractivity (Wildman–Crippen MR) is 119 cm³/mol. The van der Waals surface area contributed by atoms with Crippen molar-refractivity contribution in [3.05, 3.63) is 65.0 Å². The Balaban J connectivity index is 1.41. The molecule has 2 aromatic heterocycles. The maximum Gasteiger partial charge on any atom is 0.224 e. The zero-order chi connectivity index (χ0) is 20.5. The van der Waals surface area contributed by atoms with Gasteiger partial charge in [0, 0.05) is 30.4 Å². The zero-order valence-corrected chi connectivity index (χ0v) is 17.9. The standard InChI is InChI=1S/C23H24N4OS/c1-14-5-11-20-21(13-14)29-23(25-20)17-6-8-18(9-7-17)24-22(28)12-10-19-15(2)26-27(4)16(19)3/h5-9,11,13H,10,12H2,1-4H3,(H,24,28). The summed E-state index contributed by atoms with van der Waals surface area (Å²) in [7, 11) is 1.93. The van der Waals surface area contributed by atoms with Crippen molar-refractivity contribution in [2.75, 3.05) is 5.32 Å². The molecule has 0 bridgehead atoms. The van der Waals surface area contributed by atoms with Gasteiger partial charge in [-0.3, -0.25) is 9.48 Å². The molecule has 5 nitrogen and oxygen atoms in total. The van der Waals surface area contributed by atoms with E-state index in [-0.39, 0.29) is 5.91 Å². The lowest BCUT2D eigenvalue weighted by Crippen LogP contribution is -2.12. The van der Waals surface area contributed by atoms with E-state index in [0.717, 1.165) is 38.7 Å². The molecule has 0 saturated heterocycles. The van der Waals surface area contributed by atoms with Gasteiger partial charge >= 0.3 is 0 Å². The summed E-state index contributed by atoms with van der Waals surface area (Å²) in [6, 6.07) is 14.2. The van der Waals surface area contributed by atoms with Crippen LogP contribution in [0.3, 0.4) is 0 Å². The van der Waals surface area contributed by atoms with Crippen molar-refractivity contribution >= 4 is 33.1 Å². The minimum absolute atomic E-state index is 0.0101. The van der Waals surface area contributed by atoms with Gasteiger partial charge < -0.3 is 5.32 Å². The monoisotopic (exact) mass is 404 g/mol. The number of nitrogens with zero attached hydrogens (tertiary/aromatic N) is 3. The summed E-state index contributed by atoms with van der Waals surface area (Å²) in [5.74, 6) is 0.0101. The Labute approximate surface area is 174 Å². The van der Waals surface area contributed by atoms with Crippen LogP contribution in [0, 0.1) is 20.8 Å². The summed E-state index contributed by atoms with van der Waals surface area (Å²) < 4.78 is 3.06. The van der Waals surface area contributed by atoms with E-state index in [4.69, 9.17) is 4.98 Å². The van der Waals surface area contributed by atoms with Crippen LogP contribution >= 0.6 is 11.3 Å². The molecule has 0 unspecified atom stereocenters. The Morgan fingerprint density at radius 2 is 1.86 bits per heavy atom. The molecule has 6 heteroatoms. The predicted octanol–water partition coefficient (Wildman–Crippen LogP) is 5.19. The summed E-state index contributed by atoms with van der Waals surface area (Å²) in [6.07, 6.45) is 1.13. The van der Waals surface area contributed by atoms with E-state index in [2.05, 4.69) is 35.5 Å². The van der Waals surface area contributed by atoms with Crippen molar-refractivity contribution in [1.82, 2.24) is 14.8 Å². The second kappa shape index (κ2) is 7.79. The van der Waals surface area contributed by atoms with Gasteiger partial charge in [0.15, 0.2) is 0 Å². The molecule has 4 aromatic rings. The molecule has 2 heterocycles. The van der Waals surface area contributed by atoms with Crippen LogP contribution in [0.2, 0.25) is 0 Å². The number of hydrogen-bond donors (Lipinski definition) is 1. The first-order valence-electron chi connectivity index (χ1n) is 9.67. The van der Waals surface area contributed by atoms with Crippen LogP contribution in [-0.2, 0) is 18.3 Å². The Morgan fingerprint density at radius 1 is 1.10 bits per heavy atom. The van der Waals surface area contributed by atoms with Crippen LogP contribution < -0.4 is 5.32 Å². The molecule has 1 amide bonds. The minimum atomic E-state index is 0.0101. The maximum absolute atomic E-state index is 12.4. The molecule has 0 saturated carbocycles. The highest BCUT2D eigenvalue weighted by molar-refractivity contribution is 7.21. The highest BCUT2D eigenvalue weighted by Crippen LogP contribution is 2.31. The Hall–Kier alpha value is -2.99. The number of carbonyl (C=O) groups excluding carboxylic acids is 1. The van der Waals surface area contributed by atoms with Gasteiger partial charge in [0.25, 0.3) is 0 Å². The largest absolute Gasteiger partial charge is 0.326 e. The zero-order valence-electron chi connectivity index (χ0n) is 17.1. The van der Waals surface area contributed by atoms with Crippen molar-refractivity contribution < 1.29 is 4.79 Å². The van der Waals surface area contributed by atoms with Gasteiger partial charge in [0.1, 0.15) is 5.01 Å². The van der Waals surface area contributed by atoms with Crippen molar-refractivity contribution in [2.45, 2.75) is 33.6 Å². The summed E-state index contributed by atoms with van der Waals surface area (Å²) in [5, 5.41) is 8.39. The van der Waals surface area contributed by atoms with Gasteiger partial charge in [0.2, 0.25) is 5.91 Å². The molecule has 0 aliphatic rings. The Morgan fingerprint density at radius 3 is 2.55 bits per heavy atom. The van der Waals surface area contributed by atoms with Crippen LogP contribution in [0.25, 0.3) is 20.8 Å². The molecule has 29 heavy (non-hydrogen) atoms. The van der Waals surface area contributed by atoms with Crippen LogP contribution in [0.1, 0.15) is 28.9 Å². The summed E-state index contributed by atoms with van der Waals surface area (Å²) >= 11 is 1.69. The molecular formula is C23H24N4OS. The molecule has 0 aliphatic carbocycles. The molecule has 1 N–H and O–H groups in total. The molecule has 0 spiro atoms. The van der Waals surface area contributed by atoms with Crippen LogP contribution in [0.4, 0.5) is 5.69 Å². The molecule has 0 atom stereocenters. The molecule has 0 aliphatic heterocycles. The third kappa shape index (κ3) is 4.07. The average Bonchev–Trinajstić information content (AvgIpc) is 3.21. The first kappa shape index (κ1) is 19.3. The number of hydrogen-bond acceptors (Lipinski definition) is 4. The Bertz CT molecular complexity index is 1190. The van der Waals surface area contributed by atoms with Gasteiger partial charge in [-0.05, 0) is 74.7 Å². The fourth-order valence-electron chi connectivity index (χ4n) is 3.49. The van der Waals surface area contributed by atoms with Gasteiger partial charge in [-0.1, -0.05) is 6.07 Å². The number of rotatable bonds is 5. The van der Waals surface area contributed by atoms with Gasteiger partial charge in [-0.15, -0.1) is 11.3 Å². The second-order valence-electron chi connectivity index (χ2n) is 7.39. The number of amides is 1. The highest BCUT2D eigenvalue weighted by Gasteiger charge is 2.12. The molecule has 148 valence electrons. The van der Waals surface area contributed by atoms with Gasteiger partial charge in [0.05, 0.1) is 15.9 Å². The van der Waals surface area contributed by atoms with E-state index < -0.39 is 0 Å². The summed E-state index contributed by atoms with van der Waals surface area (Å²) in [4.78, 5) is 17.1. The fraction of sp³-hybridized carbons (Fsp3) is 0.261. The van der Waals surface area contributed by atoms with Crippen molar-refractivity contribution in [2.24, 2.45) is 7.05 Å². The van der Waals surface area contributed by atoms with E-state index >= 15 is 0 Å². The van der Waals surface area contributed by atoms with Crippen molar-refractivity contribution in [3.8, 4) is 10.6 Å². The lowest BCUT2D eigenvalue weighted by molar-refractivity contribution is -0.116. The number of nitrogens with one attached hydrogen (secondary N) is 1. The van der Waals surface area contributed by atoms with E-state index in [0.29, 0.717) is 12.8 Å². The maximum atomic E-state index is 12.4. The Kier molecular flexibility index (Phi) is 5.20. The number of benzene rings is 2. The van der Waals surface area contributed by atoms with Crippen LogP contribution in [-0.4, -0.2) is 20.7 Å². The number of aromatic nitrogens is 3. The number of thiazole rings is 1. The normalized spacial score (nSPS) is 11.2. The first-order valence-corrected chi connectivity index (χ1v) is 10.5. The number of aryl methyl sites for hydroxylation is 3. The van der Waals surface area contributed by atoms with Gasteiger partial charge in [-0.2, -0.15) is 5.10 Å². The lowest BCUT2D eigenvalue weighted by Gasteiger charge is -2.06. The topological polar surface area (TPSA) is 59.8 Å². The SMILES string of the molecule is Cc1ccc2nc(-c3ccc(NC(=O)CCc4c(C)nn(C)c4C)cc3)sc2c1. The van der Waals surface area contributed by atoms with Crippen molar-refractivity contribution in [3.63, 3.8) is 0 Å².